The average molecular weight is 428 g/mol. The second-order valence-electron chi connectivity index (χ2n) is 7.87. The number of alkyl halides is 3. The van der Waals surface area contributed by atoms with Crippen LogP contribution in [0, 0.1) is 6.92 Å². The summed E-state index contributed by atoms with van der Waals surface area (Å²) < 4.78 is 63.4. The van der Waals surface area contributed by atoms with Gasteiger partial charge in [-0.1, -0.05) is 12.1 Å². The van der Waals surface area contributed by atoms with Crippen LogP contribution < -0.4 is 14.2 Å². The minimum atomic E-state index is -4.78. The van der Waals surface area contributed by atoms with Gasteiger partial charge in [0.15, 0.2) is 0 Å². The van der Waals surface area contributed by atoms with Crippen LogP contribution in [0.1, 0.15) is 44.0 Å². The Morgan fingerprint density at radius 1 is 1.24 bits per heavy atom. The molecule has 1 N–H and O–H groups in total. The molecule has 2 aromatic rings. The number of ether oxygens (including phenoxy) is 2. The summed E-state index contributed by atoms with van der Waals surface area (Å²) >= 11 is 0. The van der Waals surface area contributed by atoms with Crippen molar-refractivity contribution in [3.05, 3.63) is 53.3 Å². The van der Waals surface area contributed by atoms with Gasteiger partial charge in [-0.15, -0.1) is 13.2 Å². The van der Waals surface area contributed by atoms with Crippen molar-refractivity contribution >= 4 is 11.0 Å². The molecule has 1 aliphatic rings. The van der Waals surface area contributed by atoms with E-state index in [2.05, 4.69) is 14.4 Å². The number of halogens is 3. The molecule has 29 heavy (non-hydrogen) atoms. The van der Waals surface area contributed by atoms with Crippen molar-refractivity contribution < 1.29 is 26.9 Å². The third kappa shape index (κ3) is 4.56. The highest BCUT2D eigenvalue weighted by molar-refractivity contribution is 7.84. The van der Waals surface area contributed by atoms with E-state index < -0.39 is 27.6 Å². The molecule has 158 valence electrons. The van der Waals surface area contributed by atoms with E-state index in [1.807, 2.05) is 20.8 Å². The van der Waals surface area contributed by atoms with E-state index in [4.69, 9.17) is 4.74 Å². The number of hydrogen-bond donors (Lipinski definition) is 1. The number of fused-ring (bicyclic) bond motifs is 1. The maximum absolute atomic E-state index is 13.0. The lowest BCUT2D eigenvalue weighted by molar-refractivity contribution is -0.274. The van der Waals surface area contributed by atoms with Crippen molar-refractivity contribution in [2.24, 2.45) is 0 Å². The number of rotatable bonds is 4. The molecule has 3 rings (SSSR count). The Kier molecular flexibility index (Phi) is 5.66. The predicted octanol–water partition coefficient (Wildman–Crippen LogP) is 4.37. The van der Waals surface area contributed by atoms with Gasteiger partial charge >= 0.3 is 6.36 Å². The Hall–Kier alpha value is -2.13. The van der Waals surface area contributed by atoms with E-state index in [0.29, 0.717) is 35.6 Å². The Morgan fingerprint density at radius 2 is 1.97 bits per heavy atom. The fourth-order valence-corrected chi connectivity index (χ4v) is 4.10. The van der Waals surface area contributed by atoms with E-state index in [0.717, 1.165) is 0 Å². The van der Waals surface area contributed by atoms with Gasteiger partial charge in [-0.2, -0.15) is 0 Å². The Labute approximate surface area is 170 Å². The largest absolute Gasteiger partial charge is 0.573 e. The van der Waals surface area contributed by atoms with Crippen LogP contribution in [0.2, 0.25) is 0 Å². The van der Waals surface area contributed by atoms with Gasteiger partial charge in [-0.25, -0.2) is 8.93 Å². The van der Waals surface area contributed by atoms with Crippen LogP contribution in [-0.4, -0.2) is 26.9 Å². The van der Waals surface area contributed by atoms with E-state index in [1.165, 1.54) is 13.0 Å². The molecule has 0 radical (unpaired) electrons. The Morgan fingerprint density at radius 3 is 2.59 bits per heavy atom. The molecule has 1 aromatic heterocycles. The molecule has 9 heteroatoms. The molecule has 0 bridgehead atoms. The lowest BCUT2D eigenvalue weighted by Gasteiger charge is -2.40. The van der Waals surface area contributed by atoms with E-state index in [1.54, 1.807) is 30.5 Å². The minimum Gasteiger partial charge on any atom is -0.491 e. The predicted molar refractivity (Wildman–Crippen MR) is 104 cm³/mol. The van der Waals surface area contributed by atoms with Crippen LogP contribution in [0.3, 0.4) is 0 Å². The maximum Gasteiger partial charge on any atom is 0.573 e. The summed E-state index contributed by atoms with van der Waals surface area (Å²) in [5.74, 6) is 0.270. The first-order valence-electron chi connectivity index (χ1n) is 9.07. The SMILES string of the molecule is Cc1cc([C@@]2(NS(=O)C(C)(C)C)CCOc3cccnc32)ccc1OC(F)(F)F. The van der Waals surface area contributed by atoms with E-state index in [-0.39, 0.29) is 5.75 Å². The van der Waals surface area contributed by atoms with Crippen molar-refractivity contribution in [1.82, 2.24) is 9.71 Å². The number of hydrogen-bond acceptors (Lipinski definition) is 4. The van der Waals surface area contributed by atoms with Crippen LogP contribution in [-0.2, 0) is 16.5 Å². The molecule has 0 fully saturated rings. The standard InChI is InChI=1S/C20H23F3N2O3S/c1-13-12-14(7-8-15(13)28-20(21,22)23)19(25-29(26)18(2,3)4)9-11-27-16-6-5-10-24-17(16)19/h5-8,10,12,25H,9,11H2,1-4H3/t19-,29?/m0/s1. The van der Waals surface area contributed by atoms with Crippen LogP contribution in [0.15, 0.2) is 36.5 Å². The number of pyridine rings is 1. The van der Waals surface area contributed by atoms with Gasteiger partial charge in [0, 0.05) is 12.6 Å². The zero-order chi connectivity index (χ0) is 21.4. The minimum absolute atomic E-state index is 0.276. The van der Waals surface area contributed by atoms with Gasteiger partial charge in [-0.05, 0) is 57.0 Å². The monoisotopic (exact) mass is 428 g/mol. The molecule has 0 amide bonds. The molecule has 0 saturated carbocycles. The zero-order valence-corrected chi connectivity index (χ0v) is 17.4. The summed E-state index contributed by atoms with van der Waals surface area (Å²) in [6.07, 6.45) is -2.75. The van der Waals surface area contributed by atoms with Crippen LogP contribution in [0.25, 0.3) is 0 Å². The van der Waals surface area contributed by atoms with Gasteiger partial charge < -0.3 is 9.47 Å². The number of benzene rings is 1. The van der Waals surface area contributed by atoms with Crippen molar-refractivity contribution in [3.63, 3.8) is 0 Å². The topological polar surface area (TPSA) is 60.5 Å². The first-order chi connectivity index (χ1) is 13.4. The number of aromatic nitrogens is 1. The second kappa shape index (κ2) is 7.60. The molecule has 0 aliphatic carbocycles. The van der Waals surface area contributed by atoms with Gasteiger partial charge in [0.2, 0.25) is 0 Å². The van der Waals surface area contributed by atoms with Crippen LogP contribution in [0.4, 0.5) is 13.2 Å². The van der Waals surface area contributed by atoms with Crippen LogP contribution in [0.5, 0.6) is 11.5 Å². The third-order valence-corrected chi connectivity index (χ3v) is 6.27. The van der Waals surface area contributed by atoms with Gasteiger partial charge in [0.1, 0.15) is 22.7 Å². The van der Waals surface area contributed by atoms with Crippen molar-refractivity contribution in [1.29, 1.82) is 0 Å². The molecule has 1 aromatic carbocycles. The molecule has 2 atom stereocenters. The summed E-state index contributed by atoms with van der Waals surface area (Å²) in [5, 5.41) is 0. The zero-order valence-electron chi connectivity index (χ0n) is 16.6. The molecular formula is C20H23F3N2O3S. The molecule has 1 unspecified atom stereocenters. The number of aryl methyl sites for hydroxylation is 1. The summed E-state index contributed by atoms with van der Waals surface area (Å²) in [4.78, 5) is 4.46. The first-order valence-corrected chi connectivity index (χ1v) is 10.2. The average Bonchev–Trinajstić information content (AvgIpc) is 2.61. The van der Waals surface area contributed by atoms with Gasteiger partial charge in [0.25, 0.3) is 0 Å². The van der Waals surface area contributed by atoms with Crippen LogP contribution >= 0.6 is 0 Å². The lowest BCUT2D eigenvalue weighted by atomic mass is 9.82. The highest BCUT2D eigenvalue weighted by Crippen LogP contribution is 2.42. The molecule has 2 heterocycles. The number of nitrogens with one attached hydrogen (secondary N) is 1. The quantitative estimate of drug-likeness (QED) is 0.786. The Bertz CT molecular complexity index is 928. The summed E-state index contributed by atoms with van der Waals surface area (Å²) in [7, 11) is -1.47. The van der Waals surface area contributed by atoms with E-state index in [9.17, 15) is 17.4 Å². The highest BCUT2D eigenvalue weighted by atomic mass is 32.2. The van der Waals surface area contributed by atoms with Crippen molar-refractivity contribution in [2.75, 3.05) is 6.61 Å². The number of nitrogens with zero attached hydrogens (tertiary/aromatic N) is 1. The molecule has 5 nitrogen and oxygen atoms in total. The molecular weight excluding hydrogens is 405 g/mol. The van der Waals surface area contributed by atoms with Gasteiger partial charge in [0.05, 0.1) is 22.3 Å². The molecule has 1 aliphatic heterocycles. The maximum atomic E-state index is 13.0. The third-order valence-electron chi connectivity index (χ3n) is 4.63. The summed E-state index contributed by atoms with van der Waals surface area (Å²) in [5.41, 5.74) is 0.527. The first kappa shape index (κ1) is 21.6. The lowest BCUT2D eigenvalue weighted by Crippen LogP contribution is -2.51. The van der Waals surface area contributed by atoms with Gasteiger partial charge in [-0.3, -0.25) is 4.98 Å². The summed E-state index contributed by atoms with van der Waals surface area (Å²) in [6, 6.07) is 7.94. The summed E-state index contributed by atoms with van der Waals surface area (Å²) in [6.45, 7) is 7.40. The fourth-order valence-electron chi connectivity index (χ4n) is 3.16. The molecule has 0 spiro atoms. The van der Waals surface area contributed by atoms with Crippen molar-refractivity contribution in [3.8, 4) is 11.5 Å². The molecule has 0 saturated heterocycles. The second-order valence-corrected chi connectivity index (χ2v) is 9.83. The van der Waals surface area contributed by atoms with Crippen molar-refractivity contribution in [2.45, 2.75) is 50.8 Å². The normalized spacial score (nSPS) is 20.5. The smallest absolute Gasteiger partial charge is 0.491 e. The Balaban J connectivity index is 2.13. The highest BCUT2D eigenvalue weighted by Gasteiger charge is 2.44. The van der Waals surface area contributed by atoms with E-state index >= 15 is 0 Å². The fraction of sp³-hybridized carbons (Fsp3) is 0.450.